The molecule has 0 fully saturated rings. The molecule has 0 aliphatic heterocycles. The number of nitrogen functional groups attached to an aromatic ring is 1. The van der Waals surface area contributed by atoms with Crippen molar-refractivity contribution in [3.05, 3.63) is 59.7 Å². The van der Waals surface area contributed by atoms with E-state index in [2.05, 4.69) is 17.4 Å². The van der Waals surface area contributed by atoms with Gasteiger partial charge in [0.2, 0.25) is 0 Å². The monoisotopic (exact) mass is 242 g/mol. The van der Waals surface area contributed by atoms with Gasteiger partial charge >= 0.3 is 0 Å². The first-order chi connectivity index (χ1) is 8.79. The number of para-hydroxylation sites is 1. The Morgan fingerprint density at radius 3 is 2.44 bits per heavy atom. The lowest BCUT2D eigenvalue weighted by Crippen LogP contribution is -2.02. The Kier molecular flexibility index (Phi) is 4.20. The maximum atomic E-state index is 5.89. The Labute approximate surface area is 108 Å². The van der Waals surface area contributed by atoms with Gasteiger partial charge in [0.25, 0.3) is 0 Å². The lowest BCUT2D eigenvalue weighted by molar-refractivity contribution is 0.185. The normalized spacial score (nSPS) is 10.3. The number of hydrogen-bond donors (Lipinski definition) is 2. The largest absolute Gasteiger partial charge is 0.398 e. The molecule has 0 aromatic heterocycles. The highest BCUT2D eigenvalue weighted by Gasteiger charge is 1.98. The van der Waals surface area contributed by atoms with Crippen LogP contribution in [0.15, 0.2) is 48.5 Å². The Hall–Kier alpha value is -2.00. The molecule has 18 heavy (non-hydrogen) atoms. The van der Waals surface area contributed by atoms with Crippen molar-refractivity contribution >= 4 is 11.4 Å². The van der Waals surface area contributed by atoms with Crippen molar-refractivity contribution in [3.63, 3.8) is 0 Å². The SMILES string of the molecule is COCc1ccc(NCc2ccccc2N)cc1. The van der Waals surface area contributed by atoms with Gasteiger partial charge in [-0.2, -0.15) is 0 Å². The predicted octanol–water partition coefficient (Wildman–Crippen LogP) is 3.03. The summed E-state index contributed by atoms with van der Waals surface area (Å²) in [7, 11) is 1.70. The van der Waals surface area contributed by atoms with E-state index in [0.29, 0.717) is 6.61 Å². The molecule has 0 spiro atoms. The summed E-state index contributed by atoms with van der Waals surface area (Å²) in [6, 6.07) is 16.1. The Morgan fingerprint density at radius 1 is 1.06 bits per heavy atom. The first kappa shape index (κ1) is 12.5. The van der Waals surface area contributed by atoms with Crippen LogP contribution in [0.2, 0.25) is 0 Å². The summed E-state index contributed by atoms with van der Waals surface area (Å²) in [5, 5.41) is 3.35. The molecular weight excluding hydrogens is 224 g/mol. The van der Waals surface area contributed by atoms with Crippen LogP contribution >= 0.6 is 0 Å². The summed E-state index contributed by atoms with van der Waals surface area (Å²) in [5.74, 6) is 0. The zero-order chi connectivity index (χ0) is 12.8. The molecule has 0 saturated carbocycles. The highest BCUT2D eigenvalue weighted by atomic mass is 16.5. The van der Waals surface area contributed by atoms with E-state index < -0.39 is 0 Å². The second kappa shape index (κ2) is 6.07. The Morgan fingerprint density at radius 2 is 1.78 bits per heavy atom. The third-order valence-electron chi connectivity index (χ3n) is 2.80. The molecule has 0 saturated heterocycles. The fourth-order valence-electron chi connectivity index (χ4n) is 1.78. The third-order valence-corrected chi connectivity index (χ3v) is 2.80. The number of nitrogens with one attached hydrogen (secondary N) is 1. The van der Waals surface area contributed by atoms with Gasteiger partial charge in [0, 0.05) is 25.0 Å². The van der Waals surface area contributed by atoms with Crippen LogP contribution in [-0.2, 0) is 17.9 Å². The molecule has 2 aromatic carbocycles. The quantitative estimate of drug-likeness (QED) is 0.792. The van der Waals surface area contributed by atoms with Gasteiger partial charge in [0.05, 0.1) is 6.61 Å². The van der Waals surface area contributed by atoms with Crippen molar-refractivity contribution in [2.24, 2.45) is 0 Å². The summed E-state index contributed by atoms with van der Waals surface area (Å²) in [6.45, 7) is 1.38. The van der Waals surface area contributed by atoms with Gasteiger partial charge in [-0.15, -0.1) is 0 Å². The molecule has 0 amide bonds. The summed E-state index contributed by atoms with van der Waals surface area (Å²) in [4.78, 5) is 0. The average Bonchev–Trinajstić information content (AvgIpc) is 2.40. The fraction of sp³-hybridized carbons (Fsp3) is 0.200. The molecule has 3 nitrogen and oxygen atoms in total. The van der Waals surface area contributed by atoms with Crippen LogP contribution in [-0.4, -0.2) is 7.11 Å². The van der Waals surface area contributed by atoms with Gasteiger partial charge < -0.3 is 15.8 Å². The lowest BCUT2D eigenvalue weighted by Gasteiger charge is -2.09. The standard InChI is InChI=1S/C15H18N2O/c1-18-11-12-6-8-14(9-7-12)17-10-13-4-2-3-5-15(13)16/h2-9,17H,10-11,16H2,1H3. The highest BCUT2D eigenvalue weighted by Crippen LogP contribution is 2.15. The minimum absolute atomic E-state index is 0.645. The van der Waals surface area contributed by atoms with Crippen molar-refractivity contribution in [1.82, 2.24) is 0 Å². The van der Waals surface area contributed by atoms with Crippen molar-refractivity contribution in [2.75, 3.05) is 18.2 Å². The van der Waals surface area contributed by atoms with E-state index in [9.17, 15) is 0 Å². The van der Waals surface area contributed by atoms with Crippen molar-refractivity contribution in [2.45, 2.75) is 13.2 Å². The molecule has 0 atom stereocenters. The van der Waals surface area contributed by atoms with Crippen LogP contribution < -0.4 is 11.1 Å². The summed E-state index contributed by atoms with van der Waals surface area (Å²) >= 11 is 0. The molecule has 0 radical (unpaired) electrons. The second-order valence-electron chi connectivity index (χ2n) is 4.18. The van der Waals surface area contributed by atoms with E-state index in [1.807, 2.05) is 36.4 Å². The van der Waals surface area contributed by atoms with Crippen LogP contribution in [0, 0.1) is 0 Å². The maximum absolute atomic E-state index is 5.89. The van der Waals surface area contributed by atoms with E-state index in [4.69, 9.17) is 10.5 Å². The average molecular weight is 242 g/mol. The predicted molar refractivity (Wildman–Crippen MR) is 75.3 cm³/mol. The molecule has 0 heterocycles. The molecule has 0 bridgehead atoms. The first-order valence-corrected chi connectivity index (χ1v) is 5.94. The summed E-state index contributed by atoms with van der Waals surface area (Å²) < 4.78 is 5.08. The lowest BCUT2D eigenvalue weighted by atomic mass is 10.1. The number of nitrogens with two attached hydrogens (primary N) is 1. The second-order valence-corrected chi connectivity index (χ2v) is 4.18. The van der Waals surface area contributed by atoms with Crippen LogP contribution in [0.25, 0.3) is 0 Å². The van der Waals surface area contributed by atoms with Gasteiger partial charge in [-0.05, 0) is 29.3 Å². The van der Waals surface area contributed by atoms with Crippen LogP contribution in [0.4, 0.5) is 11.4 Å². The number of benzene rings is 2. The molecule has 3 heteroatoms. The van der Waals surface area contributed by atoms with E-state index in [1.165, 1.54) is 5.56 Å². The molecule has 0 aliphatic rings. The van der Waals surface area contributed by atoms with E-state index in [0.717, 1.165) is 23.5 Å². The highest BCUT2D eigenvalue weighted by molar-refractivity contribution is 5.50. The van der Waals surface area contributed by atoms with Crippen LogP contribution in [0.5, 0.6) is 0 Å². The maximum Gasteiger partial charge on any atom is 0.0713 e. The minimum atomic E-state index is 0.645. The smallest absolute Gasteiger partial charge is 0.0713 e. The molecule has 0 unspecified atom stereocenters. The Bertz CT molecular complexity index is 494. The van der Waals surface area contributed by atoms with Crippen molar-refractivity contribution in [3.8, 4) is 0 Å². The van der Waals surface area contributed by atoms with E-state index in [-0.39, 0.29) is 0 Å². The molecule has 3 N–H and O–H groups in total. The van der Waals surface area contributed by atoms with E-state index in [1.54, 1.807) is 7.11 Å². The van der Waals surface area contributed by atoms with E-state index >= 15 is 0 Å². The van der Waals surface area contributed by atoms with Crippen LogP contribution in [0.1, 0.15) is 11.1 Å². The van der Waals surface area contributed by atoms with Gasteiger partial charge in [0.1, 0.15) is 0 Å². The number of hydrogen-bond acceptors (Lipinski definition) is 3. The molecule has 0 aliphatic carbocycles. The van der Waals surface area contributed by atoms with Gasteiger partial charge in [0.15, 0.2) is 0 Å². The van der Waals surface area contributed by atoms with Crippen LogP contribution in [0.3, 0.4) is 0 Å². The molecule has 94 valence electrons. The zero-order valence-corrected chi connectivity index (χ0v) is 10.5. The first-order valence-electron chi connectivity index (χ1n) is 5.94. The summed E-state index contributed by atoms with van der Waals surface area (Å²) in [6.07, 6.45) is 0. The molecule has 2 aromatic rings. The molecule has 2 rings (SSSR count). The van der Waals surface area contributed by atoms with Gasteiger partial charge in [-0.1, -0.05) is 30.3 Å². The number of anilines is 2. The number of methoxy groups -OCH3 is 1. The zero-order valence-electron chi connectivity index (χ0n) is 10.5. The third kappa shape index (κ3) is 3.25. The summed E-state index contributed by atoms with van der Waals surface area (Å²) in [5.41, 5.74) is 10.1. The minimum Gasteiger partial charge on any atom is -0.398 e. The number of ether oxygens (including phenoxy) is 1. The molecular formula is C15H18N2O. The van der Waals surface area contributed by atoms with Gasteiger partial charge in [-0.25, -0.2) is 0 Å². The Balaban J connectivity index is 1.96. The fourth-order valence-corrected chi connectivity index (χ4v) is 1.78. The number of rotatable bonds is 5. The topological polar surface area (TPSA) is 47.3 Å². The van der Waals surface area contributed by atoms with Gasteiger partial charge in [-0.3, -0.25) is 0 Å². The van der Waals surface area contributed by atoms with Crippen molar-refractivity contribution < 1.29 is 4.74 Å². The van der Waals surface area contributed by atoms with Crippen molar-refractivity contribution in [1.29, 1.82) is 0 Å².